The van der Waals surface area contributed by atoms with Crippen LogP contribution in [0.15, 0.2) is 23.0 Å². The average molecular weight is 369 g/mol. The van der Waals surface area contributed by atoms with Crippen LogP contribution in [0.3, 0.4) is 0 Å². The summed E-state index contributed by atoms with van der Waals surface area (Å²) in [4.78, 5) is 17.3. The van der Waals surface area contributed by atoms with E-state index >= 15 is 0 Å². The summed E-state index contributed by atoms with van der Waals surface area (Å²) in [5.74, 6) is 0.549. The Hall–Kier alpha value is -1.89. The van der Waals surface area contributed by atoms with Crippen LogP contribution in [-0.2, 0) is 19.1 Å². The SMILES string of the molecule is CNCCCCc1nc2cc(C(F)(F)F)ccc2c(=O)n1CC(C)(C)C. The van der Waals surface area contributed by atoms with Gasteiger partial charge in [-0.15, -0.1) is 0 Å². The summed E-state index contributed by atoms with van der Waals surface area (Å²) >= 11 is 0. The minimum Gasteiger partial charge on any atom is -0.320 e. The van der Waals surface area contributed by atoms with Gasteiger partial charge in [0.2, 0.25) is 0 Å². The molecule has 1 aromatic carbocycles. The molecule has 2 rings (SSSR count). The van der Waals surface area contributed by atoms with E-state index in [0.29, 0.717) is 18.8 Å². The van der Waals surface area contributed by atoms with E-state index < -0.39 is 11.7 Å². The molecule has 1 aromatic heterocycles. The van der Waals surface area contributed by atoms with Crippen LogP contribution in [0, 0.1) is 5.41 Å². The monoisotopic (exact) mass is 369 g/mol. The number of hydrogen-bond donors (Lipinski definition) is 1. The van der Waals surface area contributed by atoms with Crippen molar-refractivity contribution in [2.45, 2.75) is 52.8 Å². The van der Waals surface area contributed by atoms with E-state index in [2.05, 4.69) is 10.3 Å². The summed E-state index contributed by atoms with van der Waals surface area (Å²) in [6.07, 6.45) is -2.19. The molecule has 0 aliphatic carbocycles. The molecule has 0 atom stereocenters. The number of nitrogens with one attached hydrogen (secondary N) is 1. The molecule has 1 N–H and O–H groups in total. The Morgan fingerprint density at radius 1 is 1.15 bits per heavy atom. The Kier molecular flexibility index (Phi) is 6.11. The molecule has 0 amide bonds. The maximum Gasteiger partial charge on any atom is 0.416 e. The third kappa shape index (κ3) is 5.06. The highest BCUT2D eigenvalue weighted by Crippen LogP contribution is 2.30. The first-order valence-corrected chi connectivity index (χ1v) is 8.78. The van der Waals surface area contributed by atoms with Crippen molar-refractivity contribution in [3.8, 4) is 0 Å². The van der Waals surface area contributed by atoms with Crippen molar-refractivity contribution in [3.63, 3.8) is 0 Å². The Bertz CT molecular complexity index is 820. The number of aryl methyl sites for hydroxylation is 1. The zero-order valence-electron chi connectivity index (χ0n) is 15.7. The number of alkyl halides is 3. The third-order valence-corrected chi connectivity index (χ3v) is 4.07. The quantitative estimate of drug-likeness (QED) is 0.783. The number of unbranched alkanes of at least 4 members (excludes halogenated alkanes) is 1. The van der Waals surface area contributed by atoms with Crippen LogP contribution < -0.4 is 10.9 Å². The molecule has 4 nitrogen and oxygen atoms in total. The number of hydrogen-bond acceptors (Lipinski definition) is 3. The number of halogens is 3. The fraction of sp³-hybridized carbons (Fsp3) is 0.579. The van der Waals surface area contributed by atoms with Crippen molar-refractivity contribution in [2.24, 2.45) is 5.41 Å². The summed E-state index contributed by atoms with van der Waals surface area (Å²) in [6, 6.07) is 3.14. The number of benzene rings is 1. The third-order valence-electron chi connectivity index (χ3n) is 4.07. The minimum atomic E-state index is -4.46. The number of aromatic nitrogens is 2. The summed E-state index contributed by atoms with van der Waals surface area (Å²) in [7, 11) is 1.86. The zero-order valence-corrected chi connectivity index (χ0v) is 15.7. The van der Waals surface area contributed by atoms with Gasteiger partial charge in [0, 0.05) is 13.0 Å². The normalized spacial score (nSPS) is 12.7. The molecule has 2 aromatic rings. The van der Waals surface area contributed by atoms with Crippen LogP contribution >= 0.6 is 0 Å². The molecule has 26 heavy (non-hydrogen) atoms. The maximum absolute atomic E-state index is 13.0. The van der Waals surface area contributed by atoms with Gasteiger partial charge < -0.3 is 5.32 Å². The van der Waals surface area contributed by atoms with E-state index in [4.69, 9.17) is 0 Å². The topological polar surface area (TPSA) is 46.9 Å². The fourth-order valence-electron chi connectivity index (χ4n) is 2.86. The zero-order chi connectivity index (χ0) is 19.5. The van der Waals surface area contributed by atoms with Crippen LogP contribution in [0.4, 0.5) is 13.2 Å². The standard InChI is InChI=1S/C19H26F3N3O/c1-18(2,3)12-25-16(7-5-6-10-23-4)24-15-11-13(19(20,21)22)8-9-14(15)17(25)26/h8-9,11,23H,5-7,10,12H2,1-4H3. The van der Waals surface area contributed by atoms with Crippen molar-refractivity contribution in [1.29, 1.82) is 0 Å². The average Bonchev–Trinajstić information content (AvgIpc) is 2.52. The van der Waals surface area contributed by atoms with E-state index in [0.717, 1.165) is 31.5 Å². The molecule has 0 fully saturated rings. The lowest BCUT2D eigenvalue weighted by Crippen LogP contribution is -2.31. The minimum absolute atomic E-state index is 0.110. The van der Waals surface area contributed by atoms with E-state index in [9.17, 15) is 18.0 Å². The Balaban J connectivity index is 2.54. The van der Waals surface area contributed by atoms with Gasteiger partial charge in [-0.25, -0.2) is 4.98 Å². The first-order valence-electron chi connectivity index (χ1n) is 8.78. The van der Waals surface area contributed by atoms with Gasteiger partial charge in [0.1, 0.15) is 5.82 Å². The van der Waals surface area contributed by atoms with Gasteiger partial charge in [0.05, 0.1) is 16.5 Å². The van der Waals surface area contributed by atoms with Crippen LogP contribution in [0.2, 0.25) is 0 Å². The lowest BCUT2D eigenvalue weighted by atomic mass is 9.96. The molecular formula is C19H26F3N3O. The highest BCUT2D eigenvalue weighted by Gasteiger charge is 2.31. The summed E-state index contributed by atoms with van der Waals surface area (Å²) in [6.45, 7) is 7.36. The molecule has 0 radical (unpaired) electrons. The molecule has 0 spiro atoms. The van der Waals surface area contributed by atoms with E-state index in [1.165, 1.54) is 6.07 Å². The van der Waals surface area contributed by atoms with Crippen molar-refractivity contribution >= 4 is 10.9 Å². The molecule has 0 aliphatic rings. The van der Waals surface area contributed by atoms with Crippen molar-refractivity contribution in [3.05, 3.63) is 39.9 Å². The number of rotatable bonds is 6. The highest BCUT2D eigenvalue weighted by atomic mass is 19.4. The lowest BCUT2D eigenvalue weighted by Gasteiger charge is -2.22. The molecule has 0 aliphatic heterocycles. The van der Waals surface area contributed by atoms with Gasteiger partial charge in [-0.05, 0) is 50.0 Å². The molecule has 0 saturated carbocycles. The molecular weight excluding hydrogens is 343 g/mol. The predicted molar refractivity (Wildman–Crippen MR) is 97.3 cm³/mol. The molecule has 0 bridgehead atoms. The van der Waals surface area contributed by atoms with Crippen LogP contribution in [0.1, 0.15) is 45.0 Å². The van der Waals surface area contributed by atoms with Crippen molar-refractivity contribution < 1.29 is 13.2 Å². The number of fused-ring (bicyclic) bond motifs is 1. The Morgan fingerprint density at radius 3 is 2.42 bits per heavy atom. The lowest BCUT2D eigenvalue weighted by molar-refractivity contribution is -0.137. The first-order chi connectivity index (χ1) is 12.0. The second-order valence-electron chi connectivity index (χ2n) is 7.77. The van der Waals surface area contributed by atoms with E-state index in [1.54, 1.807) is 4.57 Å². The Labute approximate surface area is 151 Å². The number of nitrogens with zero attached hydrogens (tertiary/aromatic N) is 2. The van der Waals surface area contributed by atoms with Gasteiger partial charge >= 0.3 is 6.18 Å². The summed E-state index contributed by atoms with van der Waals surface area (Å²) in [5, 5.41) is 3.28. The summed E-state index contributed by atoms with van der Waals surface area (Å²) < 4.78 is 40.6. The highest BCUT2D eigenvalue weighted by molar-refractivity contribution is 5.78. The second-order valence-corrected chi connectivity index (χ2v) is 7.77. The fourth-order valence-corrected chi connectivity index (χ4v) is 2.86. The molecule has 0 saturated heterocycles. The van der Waals surface area contributed by atoms with Crippen molar-refractivity contribution in [2.75, 3.05) is 13.6 Å². The molecule has 0 unspecified atom stereocenters. The maximum atomic E-state index is 13.0. The van der Waals surface area contributed by atoms with Gasteiger partial charge in [-0.3, -0.25) is 9.36 Å². The summed E-state index contributed by atoms with van der Waals surface area (Å²) in [5.41, 5.74) is -1.10. The van der Waals surface area contributed by atoms with E-state index in [-0.39, 0.29) is 21.9 Å². The van der Waals surface area contributed by atoms with Crippen molar-refractivity contribution in [1.82, 2.24) is 14.9 Å². The smallest absolute Gasteiger partial charge is 0.320 e. The van der Waals surface area contributed by atoms with Gasteiger partial charge in [0.25, 0.3) is 5.56 Å². The first kappa shape index (κ1) is 20.4. The molecule has 7 heteroatoms. The van der Waals surface area contributed by atoms with Gasteiger partial charge in [-0.2, -0.15) is 13.2 Å². The van der Waals surface area contributed by atoms with Crippen LogP contribution in [0.5, 0.6) is 0 Å². The van der Waals surface area contributed by atoms with E-state index in [1.807, 2.05) is 27.8 Å². The largest absolute Gasteiger partial charge is 0.416 e. The van der Waals surface area contributed by atoms with Crippen LogP contribution in [0.25, 0.3) is 10.9 Å². The van der Waals surface area contributed by atoms with Crippen LogP contribution in [-0.4, -0.2) is 23.1 Å². The predicted octanol–water partition coefficient (Wildman–Crippen LogP) is 4.00. The van der Waals surface area contributed by atoms with Gasteiger partial charge in [-0.1, -0.05) is 20.8 Å². The molecule has 144 valence electrons. The Morgan fingerprint density at radius 2 is 1.85 bits per heavy atom. The second kappa shape index (κ2) is 7.78. The van der Waals surface area contributed by atoms with Gasteiger partial charge in [0.15, 0.2) is 0 Å². The molecule has 1 heterocycles.